The van der Waals surface area contributed by atoms with Crippen molar-refractivity contribution in [2.24, 2.45) is 0 Å². The van der Waals surface area contributed by atoms with Crippen LogP contribution in [0.15, 0.2) is 24.5 Å². The van der Waals surface area contributed by atoms with E-state index in [1.807, 2.05) is 0 Å². The minimum Gasteiger partial charge on any atom is -0.399 e. The summed E-state index contributed by atoms with van der Waals surface area (Å²) in [6, 6.07) is 3.50. The molecule has 0 fully saturated rings. The topological polar surface area (TPSA) is 59.1 Å². The fourth-order valence-corrected chi connectivity index (χ4v) is 0.363. The molecule has 0 bridgehead atoms. The van der Waals surface area contributed by atoms with Crippen molar-refractivity contribution in [1.82, 2.24) is 4.98 Å². The third-order valence-corrected chi connectivity index (χ3v) is 0.706. The van der Waals surface area contributed by atoms with E-state index in [1.165, 1.54) is 0 Å². The van der Waals surface area contributed by atoms with Gasteiger partial charge < -0.3 is 10.8 Å². The number of pyridine rings is 1. The third kappa shape index (κ3) is 8.91. The summed E-state index contributed by atoms with van der Waals surface area (Å²) in [7, 11) is 0. The predicted octanol–water partition coefficient (Wildman–Crippen LogP) is 1.05. The van der Waals surface area contributed by atoms with Gasteiger partial charge in [0.05, 0.1) is 0 Å². The van der Waals surface area contributed by atoms with E-state index in [0.29, 0.717) is 0 Å². The van der Waals surface area contributed by atoms with Crippen molar-refractivity contribution in [2.45, 2.75) is 20.0 Å². The van der Waals surface area contributed by atoms with Crippen molar-refractivity contribution >= 4 is 5.69 Å². The Kier molecular flexibility index (Phi) is 5.11. The maximum absolute atomic E-state index is 8.06. The molecule has 0 aliphatic rings. The molecule has 3 nitrogen and oxygen atoms in total. The molecule has 0 unspecified atom stereocenters. The molecule has 1 rings (SSSR count). The van der Waals surface area contributed by atoms with Crippen molar-refractivity contribution in [3.05, 3.63) is 24.5 Å². The third-order valence-electron chi connectivity index (χ3n) is 0.706. The second kappa shape index (κ2) is 5.68. The van der Waals surface area contributed by atoms with E-state index in [2.05, 4.69) is 4.98 Å². The maximum atomic E-state index is 8.06. The monoisotopic (exact) mass is 154 g/mol. The minimum atomic E-state index is -0.167. The Morgan fingerprint density at radius 1 is 1.36 bits per heavy atom. The van der Waals surface area contributed by atoms with Crippen LogP contribution in [0.4, 0.5) is 5.69 Å². The summed E-state index contributed by atoms with van der Waals surface area (Å²) in [4.78, 5) is 3.77. The molecule has 1 heterocycles. The number of aliphatic hydroxyl groups excluding tert-OH is 1. The molecule has 0 radical (unpaired) electrons. The van der Waals surface area contributed by atoms with E-state index >= 15 is 0 Å². The Labute approximate surface area is 66.9 Å². The first-order valence-electron chi connectivity index (χ1n) is 3.46. The number of nitrogens with two attached hydrogens (primary N) is 1. The molecule has 62 valence electrons. The Balaban J connectivity index is 0.000000218. The van der Waals surface area contributed by atoms with Crippen molar-refractivity contribution in [3.8, 4) is 0 Å². The largest absolute Gasteiger partial charge is 0.399 e. The van der Waals surface area contributed by atoms with Gasteiger partial charge in [0.2, 0.25) is 0 Å². The van der Waals surface area contributed by atoms with E-state index in [-0.39, 0.29) is 6.10 Å². The van der Waals surface area contributed by atoms with Crippen molar-refractivity contribution in [2.75, 3.05) is 5.73 Å². The van der Waals surface area contributed by atoms with Gasteiger partial charge in [0, 0.05) is 24.2 Å². The Bertz CT molecular complexity index is 172. The molecule has 0 aliphatic carbocycles. The van der Waals surface area contributed by atoms with Gasteiger partial charge in [0.15, 0.2) is 0 Å². The lowest BCUT2D eigenvalue weighted by Crippen LogP contribution is -1.85. The zero-order chi connectivity index (χ0) is 8.69. The summed E-state index contributed by atoms with van der Waals surface area (Å²) in [6.45, 7) is 3.44. The van der Waals surface area contributed by atoms with Crippen LogP contribution in [0.3, 0.4) is 0 Å². The second-order valence-corrected chi connectivity index (χ2v) is 2.37. The lowest BCUT2D eigenvalue weighted by molar-refractivity contribution is 0.216. The van der Waals surface area contributed by atoms with Gasteiger partial charge in [-0.25, -0.2) is 0 Å². The van der Waals surface area contributed by atoms with E-state index in [4.69, 9.17) is 10.8 Å². The molecular formula is C8H14N2O. The molecule has 0 spiro atoms. The van der Waals surface area contributed by atoms with Crippen LogP contribution in [0.5, 0.6) is 0 Å². The molecule has 0 saturated carbocycles. The number of anilines is 1. The van der Waals surface area contributed by atoms with Crippen LogP contribution in [0.1, 0.15) is 13.8 Å². The second-order valence-electron chi connectivity index (χ2n) is 2.37. The first-order chi connectivity index (χ1) is 5.13. The molecule has 1 aromatic heterocycles. The SMILES string of the molecule is CC(C)O.Nc1ccncc1. The van der Waals surface area contributed by atoms with Gasteiger partial charge >= 0.3 is 0 Å². The minimum absolute atomic E-state index is 0.167. The summed E-state index contributed by atoms with van der Waals surface area (Å²) in [5.74, 6) is 0. The molecule has 3 heteroatoms. The quantitative estimate of drug-likeness (QED) is 0.587. The summed E-state index contributed by atoms with van der Waals surface area (Å²) in [6.07, 6.45) is 3.16. The molecule has 0 saturated heterocycles. The summed E-state index contributed by atoms with van der Waals surface area (Å²) < 4.78 is 0. The first kappa shape index (κ1) is 9.91. The van der Waals surface area contributed by atoms with Crippen molar-refractivity contribution in [3.63, 3.8) is 0 Å². The van der Waals surface area contributed by atoms with Gasteiger partial charge in [-0.2, -0.15) is 0 Å². The molecule has 0 aromatic carbocycles. The van der Waals surface area contributed by atoms with Gasteiger partial charge in [0.1, 0.15) is 0 Å². The first-order valence-corrected chi connectivity index (χ1v) is 3.46. The van der Waals surface area contributed by atoms with Crippen LogP contribution in [-0.2, 0) is 0 Å². The normalized spacial score (nSPS) is 8.73. The standard InChI is InChI=1S/C5H6N2.C3H8O/c6-5-1-3-7-4-2-5;1-3(2)4/h1-4H,(H2,6,7);3-4H,1-2H3. The van der Waals surface area contributed by atoms with Gasteiger partial charge in [0.25, 0.3) is 0 Å². The number of rotatable bonds is 0. The van der Waals surface area contributed by atoms with Crippen LogP contribution >= 0.6 is 0 Å². The molecule has 0 atom stereocenters. The zero-order valence-corrected chi connectivity index (χ0v) is 6.86. The Morgan fingerprint density at radius 3 is 1.91 bits per heavy atom. The predicted molar refractivity (Wildman–Crippen MR) is 46.0 cm³/mol. The molecule has 0 amide bonds. The highest BCUT2D eigenvalue weighted by Gasteiger charge is 1.73. The molecule has 3 N–H and O–H groups in total. The van der Waals surface area contributed by atoms with Gasteiger partial charge in [-0.15, -0.1) is 0 Å². The zero-order valence-electron chi connectivity index (χ0n) is 6.86. The van der Waals surface area contributed by atoms with Crippen LogP contribution in [-0.4, -0.2) is 16.2 Å². The smallest absolute Gasteiger partial charge is 0.0483 e. The van der Waals surface area contributed by atoms with Crippen molar-refractivity contribution in [1.29, 1.82) is 0 Å². The highest BCUT2D eigenvalue weighted by molar-refractivity contribution is 5.33. The van der Waals surface area contributed by atoms with E-state index in [9.17, 15) is 0 Å². The summed E-state index contributed by atoms with van der Waals surface area (Å²) in [5, 5.41) is 8.06. The van der Waals surface area contributed by atoms with Gasteiger partial charge in [-0.3, -0.25) is 4.98 Å². The van der Waals surface area contributed by atoms with E-state index in [0.717, 1.165) is 5.69 Å². The lowest BCUT2D eigenvalue weighted by atomic mass is 10.4. The number of hydrogen-bond donors (Lipinski definition) is 2. The van der Waals surface area contributed by atoms with Crippen LogP contribution in [0.25, 0.3) is 0 Å². The number of aliphatic hydroxyl groups is 1. The van der Waals surface area contributed by atoms with Crippen LogP contribution < -0.4 is 5.73 Å². The number of nitrogen functional groups attached to an aromatic ring is 1. The fourth-order valence-electron chi connectivity index (χ4n) is 0.363. The van der Waals surface area contributed by atoms with Crippen LogP contribution in [0, 0.1) is 0 Å². The molecule has 1 aromatic rings. The average Bonchev–Trinajstić information content (AvgIpc) is 1.87. The summed E-state index contributed by atoms with van der Waals surface area (Å²) >= 11 is 0. The Hall–Kier alpha value is -1.09. The van der Waals surface area contributed by atoms with E-state index in [1.54, 1.807) is 38.4 Å². The van der Waals surface area contributed by atoms with Crippen LogP contribution in [0.2, 0.25) is 0 Å². The highest BCUT2D eigenvalue weighted by Crippen LogP contribution is 1.92. The van der Waals surface area contributed by atoms with Crippen molar-refractivity contribution < 1.29 is 5.11 Å². The summed E-state index contributed by atoms with van der Waals surface area (Å²) in [5.41, 5.74) is 6.08. The fraction of sp³-hybridized carbons (Fsp3) is 0.375. The maximum Gasteiger partial charge on any atom is 0.0483 e. The number of nitrogens with zero attached hydrogens (tertiary/aromatic N) is 1. The average molecular weight is 154 g/mol. The van der Waals surface area contributed by atoms with Gasteiger partial charge in [-0.05, 0) is 26.0 Å². The number of aromatic nitrogens is 1. The Morgan fingerprint density at radius 2 is 1.73 bits per heavy atom. The number of hydrogen-bond acceptors (Lipinski definition) is 3. The lowest BCUT2D eigenvalue weighted by Gasteiger charge is -1.83. The highest BCUT2D eigenvalue weighted by atomic mass is 16.3. The molecule has 11 heavy (non-hydrogen) atoms. The molecule has 0 aliphatic heterocycles. The van der Waals surface area contributed by atoms with E-state index < -0.39 is 0 Å². The molecular weight excluding hydrogens is 140 g/mol. The van der Waals surface area contributed by atoms with Gasteiger partial charge in [-0.1, -0.05) is 0 Å².